The molecule has 0 atom stereocenters. The highest BCUT2D eigenvalue weighted by atomic mass is 16.6. The van der Waals surface area contributed by atoms with Gasteiger partial charge in [-0.3, -0.25) is 14.8 Å². The largest absolute Gasteiger partial charge is 0.390 e. The predicted molar refractivity (Wildman–Crippen MR) is 35.8 cm³/mol. The van der Waals surface area contributed by atoms with Crippen molar-refractivity contribution in [1.29, 1.82) is 0 Å². The molecule has 1 aromatic rings. The fourth-order valence-corrected chi connectivity index (χ4v) is 0.787. The maximum atomic E-state index is 10.2. The average Bonchev–Trinajstić information content (AvgIpc) is 2.30. The Bertz CT molecular complexity index is 281. The molecular formula is C5H7N3O3. The van der Waals surface area contributed by atoms with Gasteiger partial charge in [0.25, 0.3) is 0 Å². The molecule has 1 rings (SSSR count). The lowest BCUT2D eigenvalue weighted by molar-refractivity contribution is -0.385. The second kappa shape index (κ2) is 2.67. The van der Waals surface area contributed by atoms with Crippen molar-refractivity contribution < 1.29 is 10.0 Å². The lowest BCUT2D eigenvalue weighted by Crippen LogP contribution is -1.92. The van der Waals surface area contributed by atoms with Crippen molar-refractivity contribution in [3.8, 4) is 0 Å². The molecule has 0 unspecified atom stereocenters. The number of aliphatic hydroxyl groups is 1. The number of aryl methyl sites for hydroxylation is 1. The van der Waals surface area contributed by atoms with E-state index in [1.54, 1.807) is 7.05 Å². The van der Waals surface area contributed by atoms with Crippen LogP contribution in [0.4, 0.5) is 5.69 Å². The predicted octanol–water partition coefficient (Wildman–Crippen LogP) is -0.179. The van der Waals surface area contributed by atoms with Gasteiger partial charge in [0.15, 0.2) is 5.69 Å². The third-order valence-corrected chi connectivity index (χ3v) is 1.23. The molecule has 1 N–H and O–H groups in total. The third kappa shape index (κ3) is 1.35. The van der Waals surface area contributed by atoms with Crippen molar-refractivity contribution >= 4 is 5.69 Å². The highest BCUT2D eigenvalue weighted by Gasteiger charge is 2.16. The summed E-state index contributed by atoms with van der Waals surface area (Å²) in [5, 5.41) is 22.5. The Hall–Kier alpha value is -1.43. The Kier molecular flexibility index (Phi) is 1.86. The Morgan fingerprint density at radius 1 is 1.91 bits per heavy atom. The van der Waals surface area contributed by atoms with Crippen LogP contribution in [0.1, 0.15) is 5.69 Å². The highest BCUT2D eigenvalue weighted by Crippen LogP contribution is 2.14. The summed E-state index contributed by atoms with van der Waals surface area (Å²) >= 11 is 0. The number of hydrogen-bond acceptors (Lipinski definition) is 4. The Morgan fingerprint density at radius 2 is 2.55 bits per heavy atom. The molecule has 0 aliphatic heterocycles. The summed E-state index contributed by atoms with van der Waals surface area (Å²) < 4.78 is 1.30. The third-order valence-electron chi connectivity index (χ3n) is 1.23. The van der Waals surface area contributed by atoms with Crippen molar-refractivity contribution in [3.63, 3.8) is 0 Å². The van der Waals surface area contributed by atoms with Crippen LogP contribution in [0.15, 0.2) is 6.20 Å². The maximum Gasteiger partial charge on any atom is 0.312 e. The summed E-state index contributed by atoms with van der Waals surface area (Å²) in [7, 11) is 1.56. The van der Waals surface area contributed by atoms with E-state index in [1.807, 2.05) is 0 Å². The zero-order valence-electron chi connectivity index (χ0n) is 5.89. The van der Waals surface area contributed by atoms with Crippen LogP contribution in [0.25, 0.3) is 0 Å². The summed E-state index contributed by atoms with van der Waals surface area (Å²) in [6, 6.07) is 0. The first-order valence-corrected chi connectivity index (χ1v) is 2.93. The van der Waals surface area contributed by atoms with E-state index in [-0.39, 0.29) is 11.4 Å². The van der Waals surface area contributed by atoms with Crippen molar-refractivity contribution in [3.05, 3.63) is 22.0 Å². The molecule has 0 aromatic carbocycles. The zero-order valence-corrected chi connectivity index (χ0v) is 5.89. The molecule has 0 saturated heterocycles. The van der Waals surface area contributed by atoms with Gasteiger partial charge < -0.3 is 5.11 Å². The van der Waals surface area contributed by atoms with E-state index < -0.39 is 11.5 Å². The second-order valence-corrected chi connectivity index (χ2v) is 2.05. The highest BCUT2D eigenvalue weighted by molar-refractivity contribution is 5.31. The molecule has 60 valence electrons. The summed E-state index contributed by atoms with van der Waals surface area (Å²) in [5.41, 5.74) is -0.0486. The normalized spacial score (nSPS) is 10.0. The molecule has 1 aromatic heterocycles. The number of hydrogen-bond donors (Lipinski definition) is 1. The van der Waals surface area contributed by atoms with Gasteiger partial charge in [-0.2, -0.15) is 5.10 Å². The molecule has 0 saturated carbocycles. The molecule has 0 amide bonds. The van der Waals surface area contributed by atoms with Crippen LogP contribution in [0.3, 0.4) is 0 Å². The minimum Gasteiger partial charge on any atom is -0.390 e. The number of aromatic nitrogens is 2. The lowest BCUT2D eigenvalue weighted by atomic mass is 10.4. The van der Waals surface area contributed by atoms with Crippen LogP contribution in [0, 0.1) is 10.1 Å². The smallest absolute Gasteiger partial charge is 0.312 e. The van der Waals surface area contributed by atoms with Gasteiger partial charge in [0.2, 0.25) is 0 Å². The van der Waals surface area contributed by atoms with Gasteiger partial charge >= 0.3 is 5.69 Å². The van der Waals surface area contributed by atoms with Crippen molar-refractivity contribution in [2.24, 2.45) is 7.05 Å². The Labute approximate surface area is 62.2 Å². The van der Waals surface area contributed by atoms with Crippen LogP contribution in [0.5, 0.6) is 0 Å². The molecule has 0 fully saturated rings. The minimum atomic E-state index is -0.571. The molecule has 0 aliphatic rings. The van der Waals surface area contributed by atoms with Crippen molar-refractivity contribution in [1.82, 2.24) is 9.78 Å². The molecule has 0 spiro atoms. The van der Waals surface area contributed by atoms with E-state index in [2.05, 4.69) is 5.10 Å². The van der Waals surface area contributed by atoms with Gasteiger partial charge in [0.1, 0.15) is 6.20 Å². The van der Waals surface area contributed by atoms with E-state index >= 15 is 0 Å². The summed E-state index contributed by atoms with van der Waals surface area (Å²) in [4.78, 5) is 9.66. The van der Waals surface area contributed by atoms with Crippen LogP contribution < -0.4 is 0 Å². The van der Waals surface area contributed by atoms with Crippen LogP contribution in [-0.4, -0.2) is 19.8 Å². The van der Waals surface area contributed by atoms with Gasteiger partial charge in [-0.25, -0.2) is 0 Å². The topological polar surface area (TPSA) is 81.2 Å². The van der Waals surface area contributed by atoms with Crippen LogP contribution in [0.2, 0.25) is 0 Å². The summed E-state index contributed by atoms with van der Waals surface area (Å²) in [6.45, 7) is -0.406. The van der Waals surface area contributed by atoms with E-state index in [4.69, 9.17) is 5.11 Å². The fourth-order valence-electron chi connectivity index (χ4n) is 0.787. The molecule has 6 nitrogen and oxygen atoms in total. The summed E-state index contributed by atoms with van der Waals surface area (Å²) in [6.07, 6.45) is 1.26. The molecule has 0 bridgehead atoms. The number of aliphatic hydroxyl groups excluding tert-OH is 1. The van der Waals surface area contributed by atoms with E-state index in [0.29, 0.717) is 0 Å². The first kappa shape index (κ1) is 7.67. The van der Waals surface area contributed by atoms with Gasteiger partial charge in [-0.15, -0.1) is 0 Å². The Balaban J connectivity index is 3.12. The molecule has 1 heterocycles. The average molecular weight is 157 g/mol. The van der Waals surface area contributed by atoms with Crippen LogP contribution >= 0.6 is 0 Å². The minimum absolute atomic E-state index is 0.0949. The zero-order chi connectivity index (χ0) is 8.43. The van der Waals surface area contributed by atoms with Crippen LogP contribution in [-0.2, 0) is 13.7 Å². The number of rotatable bonds is 2. The summed E-state index contributed by atoms with van der Waals surface area (Å²) in [5.74, 6) is 0. The second-order valence-electron chi connectivity index (χ2n) is 2.05. The van der Waals surface area contributed by atoms with Gasteiger partial charge in [0, 0.05) is 7.05 Å². The lowest BCUT2D eigenvalue weighted by Gasteiger charge is -1.85. The molecule has 11 heavy (non-hydrogen) atoms. The SMILES string of the molecule is Cn1cc([N+](=O)[O-])c(CO)n1. The molecular weight excluding hydrogens is 150 g/mol. The van der Waals surface area contributed by atoms with Gasteiger partial charge in [-0.05, 0) is 0 Å². The standard InChI is InChI=1S/C5H7N3O3/c1-7-2-5(8(10)11)4(3-9)6-7/h2,9H,3H2,1H3. The number of nitro groups is 1. The fraction of sp³-hybridized carbons (Fsp3) is 0.400. The van der Waals surface area contributed by atoms with E-state index in [0.717, 1.165) is 0 Å². The van der Waals surface area contributed by atoms with Crippen molar-refractivity contribution in [2.75, 3.05) is 0 Å². The monoisotopic (exact) mass is 157 g/mol. The molecule has 0 radical (unpaired) electrons. The molecule has 0 aliphatic carbocycles. The van der Waals surface area contributed by atoms with Gasteiger partial charge in [-0.1, -0.05) is 0 Å². The quantitative estimate of drug-likeness (QED) is 0.477. The number of nitrogens with zero attached hydrogens (tertiary/aromatic N) is 3. The Morgan fingerprint density at radius 3 is 2.91 bits per heavy atom. The van der Waals surface area contributed by atoms with E-state index in [9.17, 15) is 10.1 Å². The van der Waals surface area contributed by atoms with Gasteiger partial charge in [0.05, 0.1) is 11.5 Å². The van der Waals surface area contributed by atoms with E-state index in [1.165, 1.54) is 10.9 Å². The molecule has 6 heteroatoms. The first-order valence-electron chi connectivity index (χ1n) is 2.93. The first-order chi connectivity index (χ1) is 5.15. The van der Waals surface area contributed by atoms with Crippen molar-refractivity contribution in [2.45, 2.75) is 6.61 Å². The maximum absolute atomic E-state index is 10.2.